The second kappa shape index (κ2) is 11.6. The van der Waals surface area contributed by atoms with E-state index in [-0.39, 0.29) is 42.2 Å². The van der Waals surface area contributed by atoms with Gasteiger partial charge in [-0.1, -0.05) is 0 Å². The Labute approximate surface area is 206 Å². The molecule has 36 heavy (non-hydrogen) atoms. The van der Waals surface area contributed by atoms with E-state index >= 15 is 0 Å². The smallest absolute Gasteiger partial charge is 0.266 e. The minimum atomic E-state index is -4.15. The first-order chi connectivity index (χ1) is 17.0. The standard InChI is InChI=1S/C16H22N12O6S2/c17-11-22-13(19-5-6-36(32,33)34)26-14(23-11)20-9-1-3-10(4-2-9)21-15-24-12(18)25-16(27-15)28(7-29)8-35(30)31/h1-4,29H,5-8H2,(H,30,31)(H,32,33,34)(H3,18,21,24,25,27)(H4,17,19,20,22,23,26). The highest BCUT2D eigenvalue weighted by atomic mass is 32.2. The van der Waals surface area contributed by atoms with Crippen molar-refractivity contribution in [2.75, 3.05) is 57.2 Å². The van der Waals surface area contributed by atoms with Gasteiger partial charge in [0.25, 0.3) is 10.1 Å². The van der Waals surface area contributed by atoms with Gasteiger partial charge in [-0.2, -0.15) is 38.3 Å². The van der Waals surface area contributed by atoms with Crippen molar-refractivity contribution in [2.45, 2.75) is 0 Å². The van der Waals surface area contributed by atoms with Gasteiger partial charge in [-0.25, -0.2) is 4.21 Å². The summed E-state index contributed by atoms with van der Waals surface area (Å²) in [7, 11) is -4.15. The minimum Gasteiger partial charge on any atom is -0.376 e. The summed E-state index contributed by atoms with van der Waals surface area (Å²) in [5.41, 5.74) is 12.5. The Morgan fingerprint density at radius 1 is 0.889 bits per heavy atom. The van der Waals surface area contributed by atoms with E-state index in [2.05, 4.69) is 45.9 Å². The van der Waals surface area contributed by atoms with Crippen molar-refractivity contribution in [3.63, 3.8) is 0 Å². The second-order valence-electron chi connectivity index (χ2n) is 6.83. The fourth-order valence-corrected chi connectivity index (χ4v) is 3.41. The van der Waals surface area contributed by atoms with E-state index in [0.717, 1.165) is 4.90 Å². The number of anilines is 8. The van der Waals surface area contributed by atoms with Crippen LogP contribution in [0.3, 0.4) is 0 Å². The van der Waals surface area contributed by atoms with Crippen molar-refractivity contribution in [3.8, 4) is 0 Å². The molecule has 0 aliphatic rings. The molecule has 3 aromatic rings. The molecule has 3 rings (SSSR count). The van der Waals surface area contributed by atoms with Crippen molar-refractivity contribution >= 4 is 68.3 Å². The largest absolute Gasteiger partial charge is 0.376 e. The molecule has 0 radical (unpaired) electrons. The van der Waals surface area contributed by atoms with Crippen LogP contribution in [0.15, 0.2) is 24.3 Å². The summed E-state index contributed by atoms with van der Waals surface area (Å²) in [6.07, 6.45) is 0. The van der Waals surface area contributed by atoms with Gasteiger partial charge in [-0.05, 0) is 24.3 Å². The van der Waals surface area contributed by atoms with E-state index in [9.17, 15) is 17.7 Å². The maximum atomic E-state index is 11.1. The fraction of sp³-hybridized carbons (Fsp3) is 0.250. The molecule has 0 amide bonds. The highest BCUT2D eigenvalue weighted by Gasteiger charge is 2.14. The Morgan fingerprint density at radius 3 is 1.94 bits per heavy atom. The molecule has 0 fully saturated rings. The van der Waals surface area contributed by atoms with Crippen LogP contribution >= 0.6 is 0 Å². The number of rotatable bonds is 12. The first kappa shape index (κ1) is 26.6. The molecule has 1 aromatic carbocycles. The average Bonchev–Trinajstić information content (AvgIpc) is 2.77. The van der Waals surface area contributed by atoms with E-state index in [1.807, 2.05) is 0 Å². The molecule has 0 bridgehead atoms. The summed E-state index contributed by atoms with van der Waals surface area (Å²) in [5.74, 6) is -1.23. The van der Waals surface area contributed by atoms with Gasteiger partial charge in [0.1, 0.15) is 12.6 Å². The zero-order valence-corrected chi connectivity index (χ0v) is 19.9. The number of nitrogens with two attached hydrogens (primary N) is 2. The SMILES string of the molecule is Nc1nc(NCCS(=O)(=O)O)nc(Nc2ccc(Nc3nc(N)nc(N(CO)CS(=O)O)n3)cc2)n1. The van der Waals surface area contributed by atoms with Gasteiger partial charge in [0, 0.05) is 17.9 Å². The van der Waals surface area contributed by atoms with Crippen LogP contribution in [0.25, 0.3) is 0 Å². The van der Waals surface area contributed by atoms with Gasteiger partial charge < -0.3 is 42.0 Å². The van der Waals surface area contributed by atoms with Crippen molar-refractivity contribution in [1.82, 2.24) is 29.9 Å². The lowest BCUT2D eigenvalue weighted by Crippen LogP contribution is -2.30. The number of aliphatic hydroxyl groups excluding tert-OH is 1. The fourth-order valence-electron chi connectivity index (χ4n) is 2.59. The number of aliphatic hydroxyl groups is 1. The van der Waals surface area contributed by atoms with Gasteiger partial charge in [0.15, 0.2) is 11.1 Å². The van der Waals surface area contributed by atoms with Gasteiger partial charge in [0.2, 0.25) is 35.7 Å². The summed E-state index contributed by atoms with van der Waals surface area (Å²) in [4.78, 5) is 24.8. The Morgan fingerprint density at radius 2 is 1.42 bits per heavy atom. The number of aromatic nitrogens is 6. The van der Waals surface area contributed by atoms with E-state index in [4.69, 9.17) is 20.6 Å². The monoisotopic (exact) mass is 542 g/mol. The van der Waals surface area contributed by atoms with Gasteiger partial charge in [-0.3, -0.25) is 4.55 Å². The minimum absolute atomic E-state index is 0.0112. The third kappa shape index (κ3) is 8.35. The van der Waals surface area contributed by atoms with Crippen LogP contribution in [0.5, 0.6) is 0 Å². The molecule has 0 spiro atoms. The normalized spacial score (nSPS) is 12.1. The predicted octanol–water partition coefficient (Wildman–Crippen LogP) is -1.06. The van der Waals surface area contributed by atoms with Crippen LogP contribution in [0.2, 0.25) is 0 Å². The van der Waals surface area contributed by atoms with Crippen LogP contribution < -0.4 is 32.3 Å². The number of nitrogens with one attached hydrogen (secondary N) is 3. The molecule has 10 N–H and O–H groups in total. The molecular weight excluding hydrogens is 520 g/mol. The Kier molecular flexibility index (Phi) is 8.60. The molecule has 18 nitrogen and oxygen atoms in total. The molecule has 0 aliphatic heterocycles. The van der Waals surface area contributed by atoms with Gasteiger partial charge >= 0.3 is 0 Å². The summed E-state index contributed by atoms with van der Waals surface area (Å²) in [5, 5.41) is 17.9. The van der Waals surface area contributed by atoms with Crippen molar-refractivity contribution < 1.29 is 26.8 Å². The Bertz CT molecular complexity index is 1330. The molecular formula is C16H22N12O6S2. The molecule has 0 saturated heterocycles. The molecule has 0 saturated carbocycles. The van der Waals surface area contributed by atoms with E-state index < -0.39 is 39.6 Å². The third-order valence-corrected chi connectivity index (χ3v) is 5.31. The number of nitrogen functional groups attached to an aromatic ring is 2. The van der Waals surface area contributed by atoms with Crippen LogP contribution in [0, 0.1) is 0 Å². The van der Waals surface area contributed by atoms with E-state index in [1.165, 1.54) is 0 Å². The third-order valence-electron chi connectivity index (χ3n) is 4.05. The first-order valence-corrected chi connectivity index (χ1v) is 12.7. The lowest BCUT2D eigenvalue weighted by atomic mass is 10.3. The zero-order chi connectivity index (χ0) is 26.3. The highest BCUT2D eigenvalue weighted by Crippen LogP contribution is 2.21. The second-order valence-corrected chi connectivity index (χ2v) is 9.30. The maximum Gasteiger partial charge on any atom is 0.266 e. The van der Waals surface area contributed by atoms with Gasteiger partial charge in [0.05, 0.1) is 5.75 Å². The average molecular weight is 543 g/mol. The molecule has 194 valence electrons. The number of nitrogens with zero attached hydrogens (tertiary/aromatic N) is 7. The summed E-state index contributed by atoms with van der Waals surface area (Å²) in [6.45, 7) is -0.756. The van der Waals surface area contributed by atoms with E-state index in [0.29, 0.717) is 11.4 Å². The molecule has 1 atom stereocenters. The molecule has 20 heteroatoms. The molecule has 2 heterocycles. The van der Waals surface area contributed by atoms with Crippen LogP contribution in [0.1, 0.15) is 0 Å². The molecule has 0 aliphatic carbocycles. The topological polar surface area (TPSA) is 281 Å². The summed E-state index contributed by atoms with van der Waals surface area (Å²) >= 11 is -2.24. The van der Waals surface area contributed by atoms with E-state index in [1.54, 1.807) is 24.3 Å². The van der Waals surface area contributed by atoms with Crippen molar-refractivity contribution in [2.24, 2.45) is 0 Å². The highest BCUT2D eigenvalue weighted by molar-refractivity contribution is 7.85. The number of hydrogen-bond acceptors (Lipinski definition) is 16. The molecule has 1 unspecified atom stereocenters. The first-order valence-electron chi connectivity index (χ1n) is 9.80. The predicted molar refractivity (Wildman–Crippen MR) is 132 cm³/mol. The lowest BCUT2D eigenvalue weighted by molar-refractivity contribution is 0.294. The Hall–Kier alpha value is -3.98. The number of hydrogen-bond donors (Lipinski definition) is 8. The van der Waals surface area contributed by atoms with Crippen LogP contribution in [0.4, 0.5) is 47.1 Å². The quantitative estimate of drug-likeness (QED) is 0.0768. The lowest BCUT2D eigenvalue weighted by Gasteiger charge is -2.18. The zero-order valence-electron chi connectivity index (χ0n) is 18.3. The number of benzene rings is 1. The maximum absolute atomic E-state index is 11.1. The van der Waals surface area contributed by atoms with Crippen molar-refractivity contribution in [1.29, 1.82) is 0 Å². The van der Waals surface area contributed by atoms with Crippen molar-refractivity contribution in [3.05, 3.63) is 24.3 Å². The van der Waals surface area contributed by atoms with Crippen LogP contribution in [-0.4, -0.2) is 81.6 Å². The summed E-state index contributed by atoms with van der Waals surface area (Å²) < 4.78 is 50.6. The molecule has 2 aromatic heterocycles. The summed E-state index contributed by atoms with van der Waals surface area (Å²) in [6, 6.07) is 6.64. The van der Waals surface area contributed by atoms with Crippen LogP contribution in [-0.2, 0) is 21.2 Å². The van der Waals surface area contributed by atoms with Gasteiger partial charge in [-0.15, -0.1) is 0 Å². The Balaban J connectivity index is 1.68.